The molecule has 0 atom stereocenters. The van der Waals surface area contributed by atoms with Crippen LogP contribution in [0.5, 0.6) is 0 Å². The summed E-state index contributed by atoms with van der Waals surface area (Å²) in [7, 11) is 0. The van der Waals surface area contributed by atoms with Gasteiger partial charge in [0.05, 0.1) is 11.3 Å². The lowest BCUT2D eigenvalue weighted by Crippen LogP contribution is -2.42. The molecule has 0 aromatic heterocycles. The van der Waals surface area contributed by atoms with Crippen molar-refractivity contribution in [3.63, 3.8) is 0 Å². The van der Waals surface area contributed by atoms with Crippen LogP contribution in [0, 0.1) is 0 Å². The zero-order valence-electron chi connectivity index (χ0n) is 14.3. The lowest BCUT2D eigenvalue weighted by atomic mass is 10.1. The second-order valence-corrected chi connectivity index (χ2v) is 6.63. The summed E-state index contributed by atoms with van der Waals surface area (Å²) in [4.78, 5) is 36.3. The van der Waals surface area contributed by atoms with E-state index in [1.807, 2.05) is 13.8 Å². The van der Waals surface area contributed by atoms with Crippen molar-refractivity contribution in [2.24, 2.45) is 0 Å². The summed E-state index contributed by atoms with van der Waals surface area (Å²) >= 11 is 3.29. The van der Waals surface area contributed by atoms with Crippen LogP contribution in [-0.2, 0) is 0 Å². The Morgan fingerprint density at radius 1 is 0.885 bits per heavy atom. The maximum absolute atomic E-state index is 12.4. The van der Waals surface area contributed by atoms with E-state index in [1.54, 1.807) is 48.5 Å². The molecule has 136 valence electrons. The highest BCUT2D eigenvalue weighted by molar-refractivity contribution is 9.10. The number of carbonyl (C=O) groups is 3. The summed E-state index contributed by atoms with van der Waals surface area (Å²) in [5, 5.41) is 5.30. The standard InChI is InChI=1S/C18H19BrN4O3/c1-11(2)20-18(26)21-15-6-4-3-5-14(15)17(25)23-22-16(24)12-7-9-13(19)10-8-12/h3-11H,1-2H3,(H,22,24)(H,23,25)(H2,20,21,26). The lowest BCUT2D eigenvalue weighted by molar-refractivity contribution is 0.0847. The predicted octanol–water partition coefficient (Wildman–Crippen LogP) is 3.05. The van der Waals surface area contributed by atoms with Crippen LogP contribution in [0.2, 0.25) is 0 Å². The largest absolute Gasteiger partial charge is 0.336 e. The number of carbonyl (C=O) groups excluding carboxylic acids is 3. The number of rotatable bonds is 4. The second kappa shape index (κ2) is 9.00. The molecule has 26 heavy (non-hydrogen) atoms. The fourth-order valence-corrected chi connectivity index (χ4v) is 2.33. The number of hydrazine groups is 1. The van der Waals surface area contributed by atoms with Crippen molar-refractivity contribution >= 4 is 39.5 Å². The Labute approximate surface area is 159 Å². The van der Waals surface area contributed by atoms with Gasteiger partial charge in [0.25, 0.3) is 11.8 Å². The molecule has 0 radical (unpaired) electrons. The van der Waals surface area contributed by atoms with Gasteiger partial charge in [-0.1, -0.05) is 28.1 Å². The van der Waals surface area contributed by atoms with Crippen molar-refractivity contribution in [3.05, 3.63) is 64.1 Å². The van der Waals surface area contributed by atoms with Gasteiger partial charge in [-0.25, -0.2) is 4.79 Å². The molecule has 2 aromatic carbocycles. The number of urea groups is 1. The van der Waals surface area contributed by atoms with Crippen molar-refractivity contribution in [1.82, 2.24) is 16.2 Å². The molecule has 2 aromatic rings. The maximum Gasteiger partial charge on any atom is 0.319 e. The minimum atomic E-state index is -0.545. The molecule has 0 unspecified atom stereocenters. The number of benzene rings is 2. The first-order valence-corrected chi connectivity index (χ1v) is 8.69. The smallest absolute Gasteiger partial charge is 0.319 e. The molecule has 7 nitrogen and oxygen atoms in total. The van der Waals surface area contributed by atoms with Crippen molar-refractivity contribution in [1.29, 1.82) is 0 Å². The molecular formula is C18H19BrN4O3. The normalized spacial score (nSPS) is 10.2. The third-order valence-corrected chi connectivity index (χ3v) is 3.76. The highest BCUT2D eigenvalue weighted by Gasteiger charge is 2.14. The zero-order valence-corrected chi connectivity index (χ0v) is 15.9. The third kappa shape index (κ3) is 5.59. The second-order valence-electron chi connectivity index (χ2n) is 5.71. The van der Waals surface area contributed by atoms with Crippen LogP contribution >= 0.6 is 15.9 Å². The first-order chi connectivity index (χ1) is 12.4. The van der Waals surface area contributed by atoms with E-state index in [0.29, 0.717) is 11.3 Å². The van der Waals surface area contributed by atoms with E-state index in [1.165, 1.54) is 0 Å². The predicted molar refractivity (Wildman–Crippen MR) is 103 cm³/mol. The van der Waals surface area contributed by atoms with Gasteiger partial charge in [-0.05, 0) is 50.2 Å². The van der Waals surface area contributed by atoms with Crippen LogP contribution in [0.1, 0.15) is 34.6 Å². The van der Waals surface area contributed by atoms with Gasteiger partial charge >= 0.3 is 6.03 Å². The van der Waals surface area contributed by atoms with Crippen LogP contribution in [0.25, 0.3) is 0 Å². The first-order valence-electron chi connectivity index (χ1n) is 7.89. The third-order valence-electron chi connectivity index (χ3n) is 3.24. The molecule has 0 heterocycles. The molecule has 0 aliphatic heterocycles. The van der Waals surface area contributed by atoms with Crippen molar-refractivity contribution in [3.8, 4) is 0 Å². The summed E-state index contributed by atoms with van der Waals surface area (Å²) in [6.07, 6.45) is 0. The van der Waals surface area contributed by atoms with Gasteiger partial charge in [-0.15, -0.1) is 0 Å². The Kier molecular flexibility index (Phi) is 6.74. The van der Waals surface area contributed by atoms with E-state index in [4.69, 9.17) is 0 Å². The topological polar surface area (TPSA) is 99.3 Å². The number of hydrogen-bond donors (Lipinski definition) is 4. The molecule has 0 bridgehead atoms. The minimum absolute atomic E-state index is 0.0406. The van der Waals surface area contributed by atoms with Gasteiger partial charge in [-0.2, -0.15) is 0 Å². The molecule has 0 saturated carbocycles. The molecule has 4 amide bonds. The Morgan fingerprint density at radius 2 is 1.50 bits per heavy atom. The summed E-state index contributed by atoms with van der Waals surface area (Å²) < 4.78 is 0.845. The van der Waals surface area contributed by atoms with E-state index in [9.17, 15) is 14.4 Å². The van der Waals surface area contributed by atoms with Crippen molar-refractivity contribution in [2.45, 2.75) is 19.9 Å². The number of nitrogens with one attached hydrogen (secondary N) is 4. The Bertz CT molecular complexity index is 806. The Hall–Kier alpha value is -2.87. The SMILES string of the molecule is CC(C)NC(=O)Nc1ccccc1C(=O)NNC(=O)c1ccc(Br)cc1. The first kappa shape index (κ1) is 19.5. The molecule has 0 fully saturated rings. The van der Waals surface area contributed by atoms with Gasteiger partial charge in [0, 0.05) is 16.1 Å². The van der Waals surface area contributed by atoms with Crippen molar-refractivity contribution < 1.29 is 14.4 Å². The molecule has 0 aliphatic rings. The summed E-state index contributed by atoms with van der Waals surface area (Å²) in [5.74, 6) is -0.996. The van der Waals surface area contributed by atoms with E-state index in [-0.39, 0.29) is 11.6 Å². The highest BCUT2D eigenvalue weighted by atomic mass is 79.9. The van der Waals surface area contributed by atoms with Gasteiger partial charge < -0.3 is 10.6 Å². The molecular weight excluding hydrogens is 400 g/mol. The van der Waals surface area contributed by atoms with Crippen molar-refractivity contribution in [2.75, 3.05) is 5.32 Å². The Morgan fingerprint density at radius 3 is 2.15 bits per heavy atom. The average Bonchev–Trinajstić information content (AvgIpc) is 2.59. The highest BCUT2D eigenvalue weighted by Crippen LogP contribution is 2.15. The summed E-state index contributed by atoms with van der Waals surface area (Å²) in [6, 6.07) is 12.7. The summed E-state index contributed by atoms with van der Waals surface area (Å²) in [6.45, 7) is 3.66. The van der Waals surface area contributed by atoms with Gasteiger partial charge in [-0.3, -0.25) is 20.4 Å². The van der Waals surface area contributed by atoms with Crippen LogP contribution in [0.3, 0.4) is 0 Å². The van der Waals surface area contributed by atoms with E-state index in [0.717, 1.165) is 4.47 Å². The fraction of sp³-hybridized carbons (Fsp3) is 0.167. The van der Waals surface area contributed by atoms with Gasteiger partial charge in [0.1, 0.15) is 0 Å². The maximum atomic E-state index is 12.4. The van der Waals surface area contributed by atoms with Gasteiger partial charge in [0.15, 0.2) is 0 Å². The lowest BCUT2D eigenvalue weighted by Gasteiger charge is -2.14. The minimum Gasteiger partial charge on any atom is -0.336 e. The summed E-state index contributed by atoms with van der Waals surface area (Å²) in [5.41, 5.74) is 5.65. The van der Waals surface area contributed by atoms with E-state index in [2.05, 4.69) is 37.4 Å². The molecule has 2 rings (SSSR count). The van der Waals surface area contributed by atoms with E-state index >= 15 is 0 Å². The average molecular weight is 419 g/mol. The monoisotopic (exact) mass is 418 g/mol. The van der Waals surface area contributed by atoms with Crippen LogP contribution in [-0.4, -0.2) is 23.9 Å². The van der Waals surface area contributed by atoms with Crippen LogP contribution < -0.4 is 21.5 Å². The van der Waals surface area contributed by atoms with E-state index < -0.39 is 17.8 Å². The number of halogens is 1. The molecule has 4 N–H and O–H groups in total. The quantitative estimate of drug-likeness (QED) is 0.574. The zero-order chi connectivity index (χ0) is 19.1. The van der Waals surface area contributed by atoms with Crippen LogP contribution in [0.15, 0.2) is 53.0 Å². The molecule has 8 heteroatoms. The number of amides is 4. The number of para-hydroxylation sites is 1. The molecule has 0 spiro atoms. The number of anilines is 1. The van der Waals surface area contributed by atoms with Crippen LogP contribution in [0.4, 0.5) is 10.5 Å². The molecule has 0 aliphatic carbocycles. The van der Waals surface area contributed by atoms with Gasteiger partial charge in [0.2, 0.25) is 0 Å². The fourth-order valence-electron chi connectivity index (χ4n) is 2.07. The molecule has 0 saturated heterocycles. The Balaban J connectivity index is 2.02. The number of hydrogen-bond acceptors (Lipinski definition) is 3.